The molecule has 2 aromatic rings. The number of amides is 1. The Balaban J connectivity index is 1.58. The average molecular weight is 401 g/mol. The molecule has 0 bridgehead atoms. The van der Waals surface area contributed by atoms with Gasteiger partial charge >= 0.3 is 0 Å². The van der Waals surface area contributed by atoms with Crippen LogP contribution in [0.4, 0.5) is 11.4 Å². The van der Waals surface area contributed by atoms with E-state index < -0.39 is 0 Å². The summed E-state index contributed by atoms with van der Waals surface area (Å²) >= 11 is 6.17. The van der Waals surface area contributed by atoms with Crippen LogP contribution in [0.2, 0.25) is 5.02 Å². The molecular formula is C23H31ClN3O+. The van der Waals surface area contributed by atoms with Gasteiger partial charge in [0.15, 0.2) is 6.54 Å². The number of aryl methyl sites for hydroxylation is 2. The minimum absolute atomic E-state index is 0.0959. The van der Waals surface area contributed by atoms with Crippen molar-refractivity contribution in [2.75, 3.05) is 42.9 Å². The van der Waals surface area contributed by atoms with Gasteiger partial charge in [-0.3, -0.25) is 4.79 Å². The molecule has 1 aliphatic heterocycles. The lowest BCUT2D eigenvalue weighted by Gasteiger charge is -2.34. The molecule has 0 unspecified atom stereocenters. The Bertz CT molecular complexity index is 842. The first-order valence-electron chi connectivity index (χ1n) is 10.1. The van der Waals surface area contributed by atoms with Crippen LogP contribution in [-0.4, -0.2) is 38.6 Å². The van der Waals surface area contributed by atoms with Crippen LogP contribution in [0.25, 0.3) is 0 Å². The molecule has 28 heavy (non-hydrogen) atoms. The largest absolute Gasteiger partial charge is 0.360 e. The van der Waals surface area contributed by atoms with Gasteiger partial charge in [-0.25, -0.2) is 0 Å². The SMILES string of the molecule is Cc1ccc(Cl)cc1N1CC[NH+](CC(=O)Nc2c(C)cccc2C(C)C)CC1. The molecular weight excluding hydrogens is 370 g/mol. The van der Waals surface area contributed by atoms with Crippen molar-refractivity contribution in [1.29, 1.82) is 0 Å². The first-order valence-corrected chi connectivity index (χ1v) is 10.5. The van der Waals surface area contributed by atoms with Crippen molar-refractivity contribution >= 4 is 28.9 Å². The second-order valence-electron chi connectivity index (χ2n) is 8.09. The highest BCUT2D eigenvalue weighted by Crippen LogP contribution is 2.27. The Morgan fingerprint density at radius 2 is 1.86 bits per heavy atom. The molecule has 0 atom stereocenters. The van der Waals surface area contributed by atoms with E-state index in [0.717, 1.165) is 42.5 Å². The molecule has 5 heteroatoms. The number of hydrogen-bond donors (Lipinski definition) is 2. The predicted molar refractivity (Wildman–Crippen MR) is 118 cm³/mol. The second-order valence-corrected chi connectivity index (χ2v) is 8.52. The highest BCUT2D eigenvalue weighted by molar-refractivity contribution is 6.30. The number of para-hydroxylation sites is 1. The maximum atomic E-state index is 12.7. The molecule has 1 heterocycles. The number of quaternary nitrogens is 1. The third-order valence-electron chi connectivity index (χ3n) is 5.58. The smallest absolute Gasteiger partial charge is 0.279 e. The van der Waals surface area contributed by atoms with E-state index in [2.05, 4.69) is 62.2 Å². The van der Waals surface area contributed by atoms with Gasteiger partial charge in [0.2, 0.25) is 0 Å². The fourth-order valence-electron chi connectivity index (χ4n) is 3.92. The zero-order chi connectivity index (χ0) is 20.3. The summed E-state index contributed by atoms with van der Waals surface area (Å²) < 4.78 is 0. The van der Waals surface area contributed by atoms with Crippen LogP contribution in [0.1, 0.15) is 36.5 Å². The van der Waals surface area contributed by atoms with Crippen LogP contribution in [0.3, 0.4) is 0 Å². The summed E-state index contributed by atoms with van der Waals surface area (Å²) in [6, 6.07) is 12.3. The number of benzene rings is 2. The quantitative estimate of drug-likeness (QED) is 0.806. The van der Waals surface area contributed by atoms with E-state index in [1.54, 1.807) is 0 Å². The number of carbonyl (C=O) groups is 1. The van der Waals surface area contributed by atoms with Crippen molar-refractivity contribution in [1.82, 2.24) is 0 Å². The minimum Gasteiger partial charge on any atom is -0.360 e. The van der Waals surface area contributed by atoms with Crippen LogP contribution in [-0.2, 0) is 4.79 Å². The number of hydrogen-bond acceptors (Lipinski definition) is 2. The Hall–Kier alpha value is -2.04. The summed E-state index contributed by atoms with van der Waals surface area (Å²) in [4.78, 5) is 16.4. The van der Waals surface area contributed by atoms with Crippen molar-refractivity contribution in [2.45, 2.75) is 33.6 Å². The van der Waals surface area contributed by atoms with Gasteiger partial charge in [-0.15, -0.1) is 0 Å². The van der Waals surface area contributed by atoms with Gasteiger partial charge in [0.25, 0.3) is 5.91 Å². The summed E-state index contributed by atoms with van der Waals surface area (Å²) in [7, 11) is 0. The van der Waals surface area contributed by atoms with Crippen molar-refractivity contribution in [3.63, 3.8) is 0 Å². The van der Waals surface area contributed by atoms with Gasteiger partial charge < -0.3 is 15.1 Å². The lowest BCUT2D eigenvalue weighted by atomic mass is 9.98. The normalized spacial score (nSPS) is 15.1. The van der Waals surface area contributed by atoms with E-state index >= 15 is 0 Å². The Kier molecular flexibility index (Phi) is 6.63. The second kappa shape index (κ2) is 8.97. The van der Waals surface area contributed by atoms with Gasteiger partial charge in [0.1, 0.15) is 0 Å². The van der Waals surface area contributed by atoms with E-state index in [1.807, 2.05) is 12.1 Å². The van der Waals surface area contributed by atoms with E-state index in [4.69, 9.17) is 11.6 Å². The van der Waals surface area contributed by atoms with Crippen LogP contribution < -0.4 is 15.1 Å². The summed E-state index contributed by atoms with van der Waals surface area (Å²) in [5.74, 6) is 0.477. The molecule has 1 saturated heterocycles. The molecule has 0 spiro atoms. The number of nitrogens with zero attached hydrogens (tertiary/aromatic N) is 1. The molecule has 2 N–H and O–H groups in total. The summed E-state index contributed by atoms with van der Waals surface area (Å²) in [5.41, 5.74) is 5.75. The minimum atomic E-state index is 0.0959. The highest BCUT2D eigenvalue weighted by Gasteiger charge is 2.24. The molecule has 3 rings (SSSR count). The molecule has 1 fully saturated rings. The molecule has 0 aliphatic carbocycles. The highest BCUT2D eigenvalue weighted by atomic mass is 35.5. The average Bonchev–Trinajstić information content (AvgIpc) is 2.66. The van der Waals surface area contributed by atoms with Gasteiger partial charge in [-0.2, -0.15) is 0 Å². The predicted octanol–water partition coefficient (Wildman–Crippen LogP) is 3.42. The fourth-order valence-corrected chi connectivity index (χ4v) is 4.08. The molecule has 0 aromatic heterocycles. The topological polar surface area (TPSA) is 36.8 Å². The zero-order valence-corrected chi connectivity index (χ0v) is 18.1. The van der Waals surface area contributed by atoms with Crippen LogP contribution >= 0.6 is 11.6 Å². The van der Waals surface area contributed by atoms with Gasteiger partial charge in [0.05, 0.1) is 26.2 Å². The molecule has 1 amide bonds. The van der Waals surface area contributed by atoms with Gasteiger partial charge in [-0.1, -0.05) is 49.7 Å². The molecule has 2 aromatic carbocycles. The molecule has 0 radical (unpaired) electrons. The first-order chi connectivity index (χ1) is 13.3. The maximum absolute atomic E-state index is 12.7. The van der Waals surface area contributed by atoms with Crippen LogP contribution in [0.15, 0.2) is 36.4 Å². The number of carbonyl (C=O) groups excluding carboxylic acids is 1. The van der Waals surface area contributed by atoms with Crippen molar-refractivity contribution in [3.05, 3.63) is 58.1 Å². The maximum Gasteiger partial charge on any atom is 0.279 e. The summed E-state index contributed by atoms with van der Waals surface area (Å²) in [6.07, 6.45) is 0. The van der Waals surface area contributed by atoms with Crippen LogP contribution in [0.5, 0.6) is 0 Å². The monoisotopic (exact) mass is 400 g/mol. The van der Waals surface area contributed by atoms with E-state index in [-0.39, 0.29) is 5.91 Å². The standard InChI is InChI=1S/C23H30ClN3O/c1-16(2)20-7-5-6-18(4)23(20)25-22(28)15-26-10-12-27(13-11-26)21-14-19(24)9-8-17(21)3/h5-9,14,16H,10-13,15H2,1-4H3,(H,25,28)/p+1. The Labute approximate surface area is 173 Å². The summed E-state index contributed by atoms with van der Waals surface area (Å²) in [5, 5.41) is 3.95. The molecule has 1 aliphatic rings. The fraction of sp³-hybridized carbons (Fsp3) is 0.435. The number of halogens is 1. The van der Waals surface area contributed by atoms with E-state index in [0.29, 0.717) is 12.5 Å². The van der Waals surface area contributed by atoms with Crippen molar-refractivity contribution in [2.24, 2.45) is 0 Å². The molecule has 150 valence electrons. The zero-order valence-electron chi connectivity index (χ0n) is 17.3. The number of nitrogens with one attached hydrogen (secondary N) is 2. The third-order valence-corrected chi connectivity index (χ3v) is 5.82. The van der Waals surface area contributed by atoms with Crippen LogP contribution in [0, 0.1) is 13.8 Å². The number of anilines is 2. The third kappa shape index (κ3) is 4.86. The first kappa shape index (κ1) is 20.7. The van der Waals surface area contributed by atoms with Crippen molar-refractivity contribution in [3.8, 4) is 0 Å². The van der Waals surface area contributed by atoms with E-state index in [1.165, 1.54) is 21.7 Å². The molecule has 0 saturated carbocycles. The summed E-state index contributed by atoms with van der Waals surface area (Å²) in [6.45, 7) is 12.8. The number of piperazine rings is 1. The lowest BCUT2D eigenvalue weighted by molar-refractivity contribution is -0.892. The van der Waals surface area contributed by atoms with E-state index in [9.17, 15) is 4.79 Å². The number of rotatable bonds is 5. The van der Waals surface area contributed by atoms with Crippen molar-refractivity contribution < 1.29 is 9.69 Å². The Morgan fingerprint density at radius 1 is 1.14 bits per heavy atom. The lowest BCUT2D eigenvalue weighted by Crippen LogP contribution is -3.15. The van der Waals surface area contributed by atoms with Gasteiger partial charge in [0, 0.05) is 16.4 Å². The molecule has 4 nitrogen and oxygen atoms in total. The van der Waals surface area contributed by atoms with Gasteiger partial charge in [-0.05, 0) is 48.6 Å². The Morgan fingerprint density at radius 3 is 2.54 bits per heavy atom.